The molecule has 2 heterocycles. The van der Waals surface area contributed by atoms with Gasteiger partial charge in [-0.25, -0.2) is 0 Å². The Morgan fingerprint density at radius 1 is 0.398 bits per heavy atom. The van der Waals surface area contributed by atoms with Gasteiger partial charge < -0.3 is 64.2 Å². The molecule has 0 radical (unpaired) electrons. The van der Waals surface area contributed by atoms with Crippen LogP contribution >= 0.6 is 0 Å². The normalized spacial score (nSPS) is 24.3. The van der Waals surface area contributed by atoms with Gasteiger partial charge in [0.2, 0.25) is 0 Å². The Kier molecular flexibility index (Phi) is 49.0. The summed E-state index contributed by atoms with van der Waals surface area (Å²) >= 11 is 0. The van der Waals surface area contributed by atoms with Crippen LogP contribution in [-0.2, 0) is 33.2 Å². The first kappa shape index (κ1) is 75.5. The number of rotatable bonds is 51. The van der Waals surface area contributed by atoms with Gasteiger partial charge in [-0.15, -0.1) is 0 Å². The summed E-state index contributed by atoms with van der Waals surface area (Å²) < 4.78 is 34.5. The van der Waals surface area contributed by atoms with Gasteiger partial charge in [0.25, 0.3) is 0 Å². The molecule has 474 valence electrons. The van der Waals surface area contributed by atoms with Crippen molar-refractivity contribution in [3.05, 3.63) is 122 Å². The van der Waals surface area contributed by atoms with Crippen molar-refractivity contribution in [2.24, 2.45) is 0 Å². The molecule has 0 amide bonds. The number of esters is 1. The van der Waals surface area contributed by atoms with Crippen molar-refractivity contribution in [3.8, 4) is 0 Å². The molecule has 2 rings (SSSR count). The highest BCUT2D eigenvalue weighted by atomic mass is 16.7. The summed E-state index contributed by atoms with van der Waals surface area (Å²) in [4.78, 5) is 13.1. The predicted molar refractivity (Wildman–Crippen MR) is 334 cm³/mol. The van der Waals surface area contributed by atoms with Crippen LogP contribution in [0.4, 0.5) is 0 Å². The number of carbonyl (C=O) groups excluding carboxylic acids is 1. The van der Waals surface area contributed by atoms with Crippen LogP contribution in [0.15, 0.2) is 122 Å². The van der Waals surface area contributed by atoms with Crippen LogP contribution in [0, 0.1) is 0 Å². The third kappa shape index (κ3) is 39.7. The quantitative estimate of drug-likeness (QED) is 0.0172. The highest BCUT2D eigenvalue weighted by Crippen LogP contribution is 2.27. The molecule has 0 aromatic rings. The highest BCUT2D eigenvalue weighted by Gasteiger charge is 2.47. The lowest BCUT2D eigenvalue weighted by atomic mass is 9.98. The van der Waals surface area contributed by atoms with Crippen LogP contribution in [0.25, 0.3) is 0 Å². The first-order chi connectivity index (χ1) is 40.6. The molecule has 0 bridgehead atoms. The molecule has 11 atom stereocenters. The maximum Gasteiger partial charge on any atom is 0.306 e. The van der Waals surface area contributed by atoms with E-state index in [1.54, 1.807) is 0 Å². The molecule has 0 aromatic carbocycles. The second kappa shape index (κ2) is 53.8. The van der Waals surface area contributed by atoms with E-state index < -0.39 is 80.7 Å². The number of hydrogen-bond donors (Lipinski definition) is 7. The highest BCUT2D eigenvalue weighted by molar-refractivity contribution is 5.69. The Morgan fingerprint density at radius 2 is 0.747 bits per heavy atom. The second-order valence-electron chi connectivity index (χ2n) is 21.8. The van der Waals surface area contributed by atoms with E-state index in [2.05, 4.69) is 135 Å². The molecule has 0 saturated carbocycles. The van der Waals surface area contributed by atoms with Crippen molar-refractivity contribution in [1.82, 2.24) is 0 Å². The van der Waals surface area contributed by atoms with Gasteiger partial charge in [0.1, 0.15) is 54.9 Å². The number of aliphatic hydroxyl groups excluding tert-OH is 7. The number of unbranched alkanes of at least 4 members (excludes halogenated alkanes) is 17. The van der Waals surface area contributed by atoms with E-state index in [9.17, 15) is 40.5 Å². The Morgan fingerprint density at radius 3 is 1.17 bits per heavy atom. The lowest BCUT2D eigenvalue weighted by Crippen LogP contribution is -2.61. The van der Waals surface area contributed by atoms with Crippen molar-refractivity contribution in [2.45, 2.75) is 274 Å². The Balaban J connectivity index is 1.69. The zero-order valence-corrected chi connectivity index (χ0v) is 51.1. The van der Waals surface area contributed by atoms with E-state index in [1.807, 2.05) is 0 Å². The van der Waals surface area contributed by atoms with Gasteiger partial charge in [-0.05, 0) is 103 Å². The molecule has 2 aliphatic rings. The van der Waals surface area contributed by atoms with Crippen LogP contribution in [0.5, 0.6) is 0 Å². The molecule has 83 heavy (non-hydrogen) atoms. The van der Waals surface area contributed by atoms with Gasteiger partial charge in [0.15, 0.2) is 12.6 Å². The molecular weight excluding hydrogens is 1050 g/mol. The molecule has 7 N–H and O–H groups in total. The van der Waals surface area contributed by atoms with E-state index in [1.165, 1.54) is 51.4 Å². The molecule has 0 aliphatic carbocycles. The van der Waals surface area contributed by atoms with Crippen molar-refractivity contribution in [2.75, 3.05) is 33.0 Å². The van der Waals surface area contributed by atoms with Gasteiger partial charge in [0.05, 0.1) is 26.4 Å². The number of aliphatic hydroxyl groups is 7. The van der Waals surface area contributed by atoms with E-state index >= 15 is 0 Å². The first-order valence-electron chi connectivity index (χ1n) is 32.1. The van der Waals surface area contributed by atoms with Gasteiger partial charge in [-0.3, -0.25) is 4.79 Å². The molecule has 0 aromatic heterocycles. The fourth-order valence-corrected chi connectivity index (χ4v) is 9.40. The van der Waals surface area contributed by atoms with Crippen molar-refractivity contribution < 1.29 is 69.0 Å². The Labute approximate surface area is 501 Å². The van der Waals surface area contributed by atoms with Crippen LogP contribution in [0.3, 0.4) is 0 Å². The largest absolute Gasteiger partial charge is 0.457 e. The molecule has 11 unspecified atom stereocenters. The zero-order chi connectivity index (χ0) is 60.1. The zero-order valence-electron chi connectivity index (χ0n) is 51.1. The molecule has 14 nitrogen and oxygen atoms in total. The number of allylic oxidation sites excluding steroid dienone is 20. The fraction of sp³-hybridized carbons (Fsp3) is 0.696. The molecule has 2 aliphatic heterocycles. The topological polar surface area (TPSA) is 214 Å². The van der Waals surface area contributed by atoms with E-state index in [0.717, 1.165) is 128 Å². The summed E-state index contributed by atoms with van der Waals surface area (Å²) in [5.41, 5.74) is 0. The lowest BCUT2D eigenvalue weighted by Gasteiger charge is -2.42. The summed E-state index contributed by atoms with van der Waals surface area (Å²) in [6, 6.07) is 0. The van der Waals surface area contributed by atoms with Crippen LogP contribution in [0.2, 0.25) is 0 Å². The Hall–Kier alpha value is -3.61. The minimum absolute atomic E-state index is 0.0398. The van der Waals surface area contributed by atoms with Crippen molar-refractivity contribution in [3.63, 3.8) is 0 Å². The van der Waals surface area contributed by atoms with Crippen molar-refractivity contribution >= 4 is 5.97 Å². The standard InChI is InChI=1S/C69H114O14/c1-3-5-7-9-11-13-15-17-19-21-23-25-27-29-30-32-34-36-38-40-42-44-46-48-50-52-61(71)81-58(56-79-68-67(77)65(75)63(73)60(83-68)57-80-69-66(76)64(74)62(72)59(54-70)82-69)55-78-53-51-49-47-45-43-41-39-37-35-33-31-28-26-24-22-20-18-16-14-12-10-8-6-4-2/h5-8,11-14,17-20,23-26,31,33,37,39,58-60,62-70,72-77H,3-4,9-10,15-16,21-22,27-30,32,34-36,38,40-57H2,1-2H3/b7-5-,8-6-,13-11-,14-12-,19-17-,20-18-,25-23-,26-24-,33-31-,39-37-. The van der Waals surface area contributed by atoms with Crippen LogP contribution in [-0.4, -0.2) is 142 Å². The van der Waals surface area contributed by atoms with E-state index in [4.69, 9.17) is 28.4 Å². The SMILES string of the molecule is CC/C=C\C/C=C\C/C=C\C/C=C\C/C=C\C/C=C\CCCCCCCOCC(COC1OC(COC2OC(CO)C(O)C(O)C2O)C(O)C(O)C1O)OC(=O)CCCCCCCCCCCCCC/C=C\C/C=C\C/C=C\C/C=C\CC. The third-order valence-corrected chi connectivity index (χ3v) is 14.5. The molecular formula is C69H114O14. The third-order valence-electron chi connectivity index (χ3n) is 14.5. The number of hydrogen-bond acceptors (Lipinski definition) is 14. The molecule has 0 spiro atoms. The minimum Gasteiger partial charge on any atom is -0.457 e. The lowest BCUT2D eigenvalue weighted by molar-refractivity contribution is -0.332. The first-order valence-corrected chi connectivity index (χ1v) is 32.1. The summed E-state index contributed by atoms with van der Waals surface area (Å²) in [7, 11) is 0. The van der Waals surface area contributed by atoms with Crippen LogP contribution < -0.4 is 0 Å². The maximum atomic E-state index is 13.1. The molecule has 2 saturated heterocycles. The second-order valence-corrected chi connectivity index (χ2v) is 21.8. The number of carbonyl (C=O) groups is 1. The van der Waals surface area contributed by atoms with Gasteiger partial charge in [-0.1, -0.05) is 219 Å². The average molecular weight is 1170 g/mol. The van der Waals surface area contributed by atoms with Gasteiger partial charge in [-0.2, -0.15) is 0 Å². The number of ether oxygens (including phenoxy) is 6. The predicted octanol–water partition coefficient (Wildman–Crippen LogP) is 12.9. The summed E-state index contributed by atoms with van der Waals surface area (Å²) in [5, 5.41) is 72.5. The fourth-order valence-electron chi connectivity index (χ4n) is 9.40. The van der Waals surface area contributed by atoms with Crippen LogP contribution in [0.1, 0.15) is 206 Å². The summed E-state index contributed by atoms with van der Waals surface area (Å²) in [6.07, 6.45) is 59.7. The van der Waals surface area contributed by atoms with Gasteiger partial charge in [0, 0.05) is 13.0 Å². The maximum absolute atomic E-state index is 13.1. The van der Waals surface area contributed by atoms with Crippen molar-refractivity contribution in [1.29, 1.82) is 0 Å². The van der Waals surface area contributed by atoms with E-state index in [-0.39, 0.29) is 25.6 Å². The molecule has 14 heteroatoms. The summed E-state index contributed by atoms with van der Waals surface area (Å²) in [5.74, 6) is -0.390. The minimum atomic E-state index is -1.72. The summed E-state index contributed by atoms with van der Waals surface area (Å²) in [6.45, 7) is 3.41. The smallest absolute Gasteiger partial charge is 0.306 e. The average Bonchev–Trinajstić information content (AvgIpc) is 3.67. The van der Waals surface area contributed by atoms with Gasteiger partial charge >= 0.3 is 5.97 Å². The van der Waals surface area contributed by atoms with E-state index in [0.29, 0.717) is 13.0 Å². The Bertz CT molecular complexity index is 1830. The molecule has 2 fully saturated rings. The monoisotopic (exact) mass is 1170 g/mol.